The van der Waals surface area contributed by atoms with Crippen molar-refractivity contribution >= 4 is 10.8 Å². The smallest absolute Gasteiger partial charge is 0.209 e. The van der Waals surface area contributed by atoms with E-state index in [1.165, 1.54) is 16.3 Å². The molecule has 0 bridgehead atoms. The highest BCUT2D eigenvalue weighted by Crippen LogP contribution is 2.33. The van der Waals surface area contributed by atoms with Crippen LogP contribution < -0.4 is 4.74 Å². The van der Waals surface area contributed by atoms with E-state index in [0.29, 0.717) is 12.5 Å². The third-order valence-electron chi connectivity index (χ3n) is 6.51. The van der Waals surface area contributed by atoms with E-state index in [1.807, 2.05) is 12.4 Å². The molecule has 2 atom stereocenters. The second kappa shape index (κ2) is 9.62. The van der Waals surface area contributed by atoms with Gasteiger partial charge in [0, 0.05) is 12.4 Å². The van der Waals surface area contributed by atoms with Gasteiger partial charge in [0.05, 0.1) is 12.0 Å². The maximum atomic E-state index is 6.49. The molecule has 0 amide bonds. The van der Waals surface area contributed by atoms with Crippen molar-refractivity contribution in [1.29, 1.82) is 0 Å². The Kier molecular flexibility index (Phi) is 6.66. The Labute approximate surface area is 191 Å². The molecule has 0 saturated heterocycles. The number of benzene rings is 3. The summed E-state index contributed by atoms with van der Waals surface area (Å²) < 4.78 is 13.0. The summed E-state index contributed by atoms with van der Waals surface area (Å²) in [6, 6.07) is 25.3. The van der Waals surface area contributed by atoms with Gasteiger partial charge in [-0.25, -0.2) is 0 Å². The van der Waals surface area contributed by atoms with E-state index in [9.17, 15) is 0 Å². The van der Waals surface area contributed by atoms with Crippen LogP contribution in [0.2, 0.25) is 0 Å². The average molecular weight is 428 g/mol. The minimum Gasteiger partial charge on any atom is -0.464 e. The number of H-pyrrole nitrogens is 1. The predicted molar refractivity (Wildman–Crippen MR) is 132 cm³/mol. The highest BCUT2D eigenvalue weighted by atomic mass is 16.7. The van der Waals surface area contributed by atoms with Crippen LogP contribution in [0.3, 0.4) is 0 Å². The summed E-state index contributed by atoms with van der Waals surface area (Å²) in [5.74, 6) is 1.36. The average Bonchev–Trinajstić information content (AvgIpc) is 3.37. The van der Waals surface area contributed by atoms with E-state index in [-0.39, 0.29) is 5.41 Å². The topological polar surface area (TPSA) is 34.2 Å². The Hall–Kier alpha value is -3.04. The van der Waals surface area contributed by atoms with Gasteiger partial charge in [0.2, 0.25) is 6.29 Å². The first-order valence-electron chi connectivity index (χ1n) is 11.5. The Balaban J connectivity index is 1.59. The number of aromatic nitrogens is 1. The zero-order valence-corrected chi connectivity index (χ0v) is 19.5. The molecule has 3 aromatic carbocycles. The molecule has 1 aromatic heterocycles. The van der Waals surface area contributed by atoms with Gasteiger partial charge in [0.1, 0.15) is 5.75 Å². The van der Waals surface area contributed by atoms with Gasteiger partial charge in [-0.1, -0.05) is 68.4 Å². The van der Waals surface area contributed by atoms with E-state index >= 15 is 0 Å². The summed E-state index contributed by atoms with van der Waals surface area (Å²) in [7, 11) is 0. The van der Waals surface area contributed by atoms with Crippen molar-refractivity contribution in [3.8, 4) is 5.75 Å². The fraction of sp³-hybridized carbons (Fsp3) is 0.310. The first kappa shape index (κ1) is 22.2. The lowest BCUT2D eigenvalue weighted by atomic mass is 9.85. The van der Waals surface area contributed by atoms with Gasteiger partial charge >= 0.3 is 0 Å². The normalized spacial score (nSPS) is 13.8. The summed E-state index contributed by atoms with van der Waals surface area (Å²) in [5.41, 5.74) is 3.29. The zero-order chi connectivity index (χ0) is 22.6. The Morgan fingerprint density at radius 2 is 1.66 bits per heavy atom. The molecule has 0 radical (unpaired) electrons. The summed E-state index contributed by atoms with van der Waals surface area (Å²) in [5, 5.41) is 2.43. The summed E-state index contributed by atoms with van der Waals surface area (Å²) >= 11 is 0. The van der Waals surface area contributed by atoms with Gasteiger partial charge in [0.15, 0.2) is 0 Å². The molecular formula is C29H33NO2. The summed E-state index contributed by atoms with van der Waals surface area (Å²) in [4.78, 5) is 3.17. The molecule has 0 aliphatic rings. The summed E-state index contributed by atoms with van der Waals surface area (Å²) in [6.07, 6.45) is 4.63. The molecule has 4 rings (SSSR count). The number of nitrogens with one attached hydrogen (secondary N) is 1. The van der Waals surface area contributed by atoms with Crippen LogP contribution in [-0.4, -0.2) is 11.3 Å². The molecule has 0 aliphatic carbocycles. The Morgan fingerprint density at radius 3 is 2.38 bits per heavy atom. The van der Waals surface area contributed by atoms with Gasteiger partial charge < -0.3 is 14.5 Å². The van der Waals surface area contributed by atoms with E-state index in [1.54, 1.807) is 0 Å². The molecular weight excluding hydrogens is 394 g/mol. The second-order valence-electron chi connectivity index (χ2n) is 9.10. The molecule has 1 N–H and O–H groups in total. The molecule has 166 valence electrons. The van der Waals surface area contributed by atoms with Crippen LogP contribution in [0, 0.1) is 0 Å². The quantitative estimate of drug-likeness (QED) is 0.279. The van der Waals surface area contributed by atoms with Crippen molar-refractivity contribution in [2.24, 2.45) is 0 Å². The molecule has 0 fully saturated rings. The fourth-order valence-electron chi connectivity index (χ4n) is 4.07. The molecule has 0 aliphatic heterocycles. The fourth-order valence-corrected chi connectivity index (χ4v) is 4.07. The lowest BCUT2D eigenvalue weighted by Gasteiger charge is -2.34. The Bertz CT molecular complexity index is 1120. The minimum atomic E-state index is -0.452. The lowest BCUT2D eigenvalue weighted by molar-refractivity contribution is -0.128. The van der Waals surface area contributed by atoms with Crippen LogP contribution in [0.1, 0.15) is 56.7 Å². The van der Waals surface area contributed by atoms with Gasteiger partial charge in [-0.2, -0.15) is 0 Å². The van der Waals surface area contributed by atoms with Crippen molar-refractivity contribution in [3.05, 3.63) is 102 Å². The second-order valence-corrected chi connectivity index (χ2v) is 9.10. The van der Waals surface area contributed by atoms with Gasteiger partial charge in [0.25, 0.3) is 0 Å². The van der Waals surface area contributed by atoms with Crippen molar-refractivity contribution in [1.82, 2.24) is 4.98 Å². The van der Waals surface area contributed by atoms with Crippen LogP contribution in [-0.2, 0) is 16.8 Å². The molecule has 1 heterocycles. The highest BCUT2D eigenvalue weighted by molar-refractivity contribution is 5.85. The Morgan fingerprint density at radius 1 is 0.906 bits per heavy atom. The van der Waals surface area contributed by atoms with Crippen LogP contribution in [0.4, 0.5) is 0 Å². The zero-order valence-electron chi connectivity index (χ0n) is 19.5. The third kappa shape index (κ3) is 4.73. The third-order valence-corrected chi connectivity index (χ3v) is 6.51. The number of aromatic amines is 1. The van der Waals surface area contributed by atoms with Gasteiger partial charge in [-0.3, -0.25) is 0 Å². The minimum absolute atomic E-state index is 0.347. The number of rotatable bonds is 9. The standard InChI is InChI=1S/C29H33NO2/c1-5-21(2)22-13-15-26(16-14-22)32-28(29(3,4)25-17-18-30-19-25)31-20-24-11-8-10-23-9-6-7-12-27(23)24/h6-19,21,28,30H,5,20H2,1-4H3. The van der Waals surface area contributed by atoms with E-state index in [0.717, 1.165) is 23.3 Å². The monoisotopic (exact) mass is 427 g/mol. The predicted octanol–water partition coefficient (Wildman–Crippen LogP) is 7.58. The largest absolute Gasteiger partial charge is 0.464 e. The maximum Gasteiger partial charge on any atom is 0.209 e. The summed E-state index contributed by atoms with van der Waals surface area (Å²) in [6.45, 7) is 9.27. The molecule has 4 aromatic rings. The van der Waals surface area contributed by atoms with Crippen LogP contribution in [0.5, 0.6) is 5.75 Å². The number of hydrogen-bond acceptors (Lipinski definition) is 2. The first-order valence-corrected chi connectivity index (χ1v) is 11.5. The van der Waals surface area contributed by atoms with Crippen LogP contribution in [0.25, 0.3) is 10.8 Å². The van der Waals surface area contributed by atoms with Gasteiger partial charge in [-0.15, -0.1) is 0 Å². The maximum absolute atomic E-state index is 6.49. The van der Waals surface area contributed by atoms with E-state index in [4.69, 9.17) is 9.47 Å². The lowest BCUT2D eigenvalue weighted by Crippen LogP contribution is -2.40. The van der Waals surface area contributed by atoms with Crippen LogP contribution in [0.15, 0.2) is 85.2 Å². The van der Waals surface area contributed by atoms with Gasteiger partial charge in [-0.05, 0) is 71.8 Å². The number of fused-ring (bicyclic) bond motifs is 1. The van der Waals surface area contributed by atoms with E-state index < -0.39 is 6.29 Å². The molecule has 0 spiro atoms. The van der Waals surface area contributed by atoms with Crippen molar-refractivity contribution in [2.75, 3.05) is 0 Å². The molecule has 0 saturated carbocycles. The van der Waals surface area contributed by atoms with E-state index in [2.05, 4.69) is 105 Å². The van der Waals surface area contributed by atoms with Crippen molar-refractivity contribution in [3.63, 3.8) is 0 Å². The van der Waals surface area contributed by atoms with Crippen LogP contribution >= 0.6 is 0 Å². The number of hydrogen-bond donors (Lipinski definition) is 1. The van der Waals surface area contributed by atoms with Crippen molar-refractivity contribution in [2.45, 2.75) is 58.3 Å². The first-order chi connectivity index (χ1) is 15.5. The molecule has 3 nitrogen and oxygen atoms in total. The molecule has 32 heavy (non-hydrogen) atoms. The number of ether oxygens (including phenoxy) is 2. The SMILES string of the molecule is CCC(C)c1ccc(OC(OCc2cccc3ccccc23)C(C)(C)c2cc[nH]c2)cc1. The molecule has 2 unspecified atom stereocenters. The van der Waals surface area contributed by atoms with Crippen molar-refractivity contribution < 1.29 is 9.47 Å². The molecule has 3 heteroatoms. The highest BCUT2D eigenvalue weighted by Gasteiger charge is 2.35.